The number of hydrogen-bond donors (Lipinski definition) is 1. The Morgan fingerprint density at radius 2 is 1.95 bits per heavy atom. The van der Waals surface area contributed by atoms with Crippen molar-refractivity contribution in [3.63, 3.8) is 0 Å². The lowest BCUT2D eigenvalue weighted by Crippen LogP contribution is -2.50. The smallest absolute Gasteiger partial charge is 0.286 e. The first kappa shape index (κ1) is 38.2. The highest BCUT2D eigenvalue weighted by atomic mass is 35.5. The maximum atomic E-state index is 15.3. The highest BCUT2D eigenvalue weighted by Crippen LogP contribution is 2.48. The second-order valence-electron chi connectivity index (χ2n) is 16.4. The molecule has 8 rings (SSSR count). The zero-order valence-corrected chi connectivity index (χ0v) is 33.9. The third kappa shape index (κ3) is 7.03. The summed E-state index contributed by atoms with van der Waals surface area (Å²) in [6.07, 6.45) is 8.02. The van der Waals surface area contributed by atoms with E-state index in [1.165, 1.54) is 29.1 Å². The predicted molar refractivity (Wildman–Crippen MR) is 210 cm³/mol. The van der Waals surface area contributed by atoms with Gasteiger partial charge in [0.25, 0.3) is 11.8 Å². The predicted octanol–water partition coefficient (Wildman–Crippen LogP) is 6.38. The molecule has 1 saturated carbocycles. The molecule has 4 heterocycles. The number of carbonyl (C=O) groups is 2. The van der Waals surface area contributed by atoms with E-state index in [-0.39, 0.29) is 46.5 Å². The van der Waals surface area contributed by atoms with Gasteiger partial charge in [-0.25, -0.2) is 4.21 Å². The monoisotopic (exact) mass is 793 g/mol. The van der Waals surface area contributed by atoms with E-state index in [2.05, 4.69) is 31.2 Å². The number of fused-ring (bicyclic) bond motifs is 5. The van der Waals surface area contributed by atoms with Crippen LogP contribution in [0.2, 0.25) is 5.02 Å². The van der Waals surface area contributed by atoms with Crippen molar-refractivity contribution in [3.8, 4) is 11.6 Å². The van der Waals surface area contributed by atoms with E-state index in [4.69, 9.17) is 30.5 Å². The zero-order chi connectivity index (χ0) is 38.6. The lowest BCUT2D eigenvalue weighted by Gasteiger charge is -2.47. The lowest BCUT2D eigenvalue weighted by molar-refractivity contribution is -0.0412. The summed E-state index contributed by atoms with van der Waals surface area (Å²) in [6, 6.07) is 11.6. The van der Waals surface area contributed by atoms with Gasteiger partial charge in [0.05, 0.1) is 36.9 Å². The number of anilines is 1. The van der Waals surface area contributed by atoms with E-state index in [1.807, 2.05) is 32.2 Å². The molecule has 1 saturated heterocycles. The molecule has 2 amide bonds. The third-order valence-electron chi connectivity index (χ3n) is 13.2. The van der Waals surface area contributed by atoms with Gasteiger partial charge in [-0.1, -0.05) is 24.6 Å². The van der Waals surface area contributed by atoms with E-state index in [0.717, 1.165) is 62.2 Å². The standard InChI is InChI=1S/C41H52ClN5O7S/c1-24-25(2)55(50,45-39(49)32-21-46(3)43-40(32)52-5)44-38(48)28-9-13-35-34(18-28)47(20-29-8-11-31(29)36(51-4)19-27-14-16-53-37(24)27)22-41(23-54-35)15-6-7-26-17-30(42)10-12-33(26)41/h9-10,12-13,17-18,21,24-25,27,29,31,36-37H,6-8,11,14-16,19-20,22-23H2,1-5H3,(H,44,45,48,49,50). The molecule has 1 aromatic heterocycles. The summed E-state index contributed by atoms with van der Waals surface area (Å²) < 4.78 is 48.6. The van der Waals surface area contributed by atoms with E-state index >= 15 is 4.21 Å². The first-order valence-corrected chi connectivity index (χ1v) is 21.5. The Labute approximate surface area is 328 Å². The van der Waals surface area contributed by atoms with Crippen LogP contribution in [0.25, 0.3) is 0 Å². The van der Waals surface area contributed by atoms with Gasteiger partial charge in [0, 0.05) is 56.1 Å². The minimum atomic E-state index is -3.76. The number of aryl methyl sites for hydroxylation is 2. The summed E-state index contributed by atoms with van der Waals surface area (Å²) in [6.45, 7) is 6.31. The molecule has 2 aliphatic carbocycles. The van der Waals surface area contributed by atoms with Gasteiger partial charge in [0.15, 0.2) is 0 Å². The summed E-state index contributed by atoms with van der Waals surface area (Å²) in [4.78, 5) is 30.6. The van der Waals surface area contributed by atoms with E-state index in [9.17, 15) is 9.59 Å². The molecule has 3 aromatic rings. The lowest BCUT2D eigenvalue weighted by atomic mass is 9.67. The SMILES string of the molecule is COc1nn(C)cc1C(=O)NS1(=O)=NC(=O)c2ccc3c(c2)N(CC2CCC2C(OC)CC2CCOC2C(C)C1C)CC1(CCCc2cc(Cl)ccc21)CO3. The quantitative estimate of drug-likeness (QED) is 0.320. The van der Waals surface area contributed by atoms with Crippen LogP contribution in [0.3, 0.4) is 0 Å². The zero-order valence-electron chi connectivity index (χ0n) is 32.3. The molecule has 9 atom stereocenters. The van der Waals surface area contributed by atoms with Crippen LogP contribution in [-0.2, 0) is 38.3 Å². The summed E-state index contributed by atoms with van der Waals surface area (Å²) in [7, 11) is 1.13. The summed E-state index contributed by atoms with van der Waals surface area (Å²) >= 11 is 6.49. The number of methoxy groups -OCH3 is 2. The van der Waals surface area contributed by atoms with Crippen molar-refractivity contribution in [1.29, 1.82) is 0 Å². The van der Waals surface area contributed by atoms with Gasteiger partial charge in [-0.2, -0.15) is 0 Å². The Morgan fingerprint density at radius 1 is 1.11 bits per heavy atom. The fraction of sp³-hybridized carbons (Fsp3) is 0.585. The van der Waals surface area contributed by atoms with Crippen molar-refractivity contribution >= 4 is 39.0 Å². The number of rotatable bonds is 4. The number of carbonyl (C=O) groups excluding carboxylic acids is 2. The Balaban J connectivity index is 1.24. The first-order valence-electron chi connectivity index (χ1n) is 19.6. The molecule has 5 aliphatic rings. The van der Waals surface area contributed by atoms with Gasteiger partial charge in [-0.3, -0.25) is 19.0 Å². The number of benzene rings is 2. The summed E-state index contributed by atoms with van der Waals surface area (Å²) in [5.74, 6) is -0.0473. The van der Waals surface area contributed by atoms with Gasteiger partial charge in [-0.15, -0.1) is 9.46 Å². The Hall–Kier alpha value is -3.65. The van der Waals surface area contributed by atoms with Crippen LogP contribution in [-0.4, -0.2) is 83.8 Å². The molecular formula is C41H52ClN5O7S. The van der Waals surface area contributed by atoms with Crippen molar-refractivity contribution in [3.05, 3.63) is 69.9 Å². The van der Waals surface area contributed by atoms with Gasteiger partial charge < -0.3 is 23.8 Å². The highest BCUT2D eigenvalue weighted by Gasteiger charge is 2.47. The molecule has 14 heteroatoms. The third-order valence-corrected chi connectivity index (χ3v) is 15.8. The molecular weight excluding hydrogens is 742 g/mol. The molecule has 0 radical (unpaired) electrons. The van der Waals surface area contributed by atoms with Gasteiger partial charge >= 0.3 is 0 Å². The minimum absolute atomic E-state index is 0.0253. The molecule has 3 aliphatic heterocycles. The molecule has 12 nitrogen and oxygen atoms in total. The van der Waals surface area contributed by atoms with E-state index in [1.54, 1.807) is 20.0 Å². The molecule has 2 bridgehead atoms. The van der Waals surface area contributed by atoms with Crippen molar-refractivity contribution in [2.45, 2.75) is 81.7 Å². The number of halogens is 1. The molecule has 1 N–H and O–H groups in total. The fourth-order valence-corrected chi connectivity index (χ4v) is 12.0. The number of amides is 2. The van der Waals surface area contributed by atoms with Crippen LogP contribution >= 0.6 is 11.6 Å². The van der Waals surface area contributed by atoms with Crippen LogP contribution in [0.4, 0.5) is 5.69 Å². The van der Waals surface area contributed by atoms with Crippen LogP contribution in [0.15, 0.2) is 47.0 Å². The maximum absolute atomic E-state index is 15.3. The second-order valence-corrected chi connectivity index (χ2v) is 19.1. The average Bonchev–Trinajstić information content (AvgIpc) is 3.75. The Kier molecular flexibility index (Phi) is 10.4. The van der Waals surface area contributed by atoms with Crippen LogP contribution in [0.5, 0.6) is 11.6 Å². The van der Waals surface area contributed by atoms with E-state index < -0.39 is 27.0 Å². The second kappa shape index (κ2) is 15.0. The average molecular weight is 794 g/mol. The van der Waals surface area contributed by atoms with E-state index in [0.29, 0.717) is 37.3 Å². The van der Waals surface area contributed by atoms with Crippen LogP contribution < -0.4 is 19.1 Å². The van der Waals surface area contributed by atoms with Crippen molar-refractivity contribution in [2.75, 3.05) is 45.4 Å². The minimum Gasteiger partial charge on any atom is -0.490 e. The summed E-state index contributed by atoms with van der Waals surface area (Å²) in [5, 5.41) is 4.17. The van der Waals surface area contributed by atoms with Gasteiger partial charge in [0.2, 0.25) is 5.88 Å². The topological polar surface area (TPSA) is 134 Å². The Morgan fingerprint density at radius 3 is 2.71 bits per heavy atom. The number of nitrogens with one attached hydrogen (secondary N) is 1. The number of hydrogen-bond acceptors (Lipinski definition) is 9. The largest absolute Gasteiger partial charge is 0.490 e. The number of aromatic nitrogens is 2. The number of nitrogens with zero attached hydrogens (tertiary/aromatic N) is 4. The maximum Gasteiger partial charge on any atom is 0.286 e. The molecule has 2 fully saturated rings. The molecule has 1 spiro atoms. The van der Waals surface area contributed by atoms with Crippen molar-refractivity contribution in [1.82, 2.24) is 14.5 Å². The molecule has 296 valence electrons. The van der Waals surface area contributed by atoms with Crippen LogP contribution in [0, 0.1) is 23.7 Å². The highest BCUT2D eigenvalue weighted by molar-refractivity contribution is 7.93. The molecule has 2 aromatic carbocycles. The molecule has 55 heavy (non-hydrogen) atoms. The van der Waals surface area contributed by atoms with Gasteiger partial charge in [0.1, 0.15) is 21.2 Å². The molecule has 9 unspecified atom stereocenters. The van der Waals surface area contributed by atoms with Crippen molar-refractivity contribution < 1.29 is 32.7 Å². The summed E-state index contributed by atoms with van der Waals surface area (Å²) in [5.41, 5.74) is 3.42. The van der Waals surface area contributed by atoms with Gasteiger partial charge in [-0.05, 0) is 117 Å². The van der Waals surface area contributed by atoms with Crippen molar-refractivity contribution in [2.24, 2.45) is 35.1 Å². The fourth-order valence-electron chi connectivity index (χ4n) is 9.97. The van der Waals surface area contributed by atoms with Crippen LogP contribution in [0.1, 0.15) is 84.2 Å². The normalized spacial score (nSPS) is 33.2. The Bertz CT molecular complexity index is 2100. The number of ether oxygens (including phenoxy) is 4. The first-order chi connectivity index (χ1) is 26.4.